The summed E-state index contributed by atoms with van der Waals surface area (Å²) in [6.07, 6.45) is 1.56. The third kappa shape index (κ3) is 4.06. The molecule has 3 aromatic rings. The van der Waals surface area contributed by atoms with Crippen molar-refractivity contribution < 1.29 is 17.9 Å². The lowest BCUT2D eigenvalue weighted by Gasteiger charge is -2.30. The van der Waals surface area contributed by atoms with Gasteiger partial charge in [-0.25, -0.2) is 8.42 Å². The summed E-state index contributed by atoms with van der Waals surface area (Å²) in [4.78, 5) is 12.6. The molecule has 1 aliphatic rings. The van der Waals surface area contributed by atoms with Gasteiger partial charge in [0.2, 0.25) is 0 Å². The third-order valence-electron chi connectivity index (χ3n) is 4.89. The minimum Gasteiger partial charge on any atom is -0.494 e. The van der Waals surface area contributed by atoms with E-state index in [0.29, 0.717) is 40.0 Å². The van der Waals surface area contributed by atoms with E-state index < -0.39 is 10.0 Å². The highest BCUT2D eigenvalue weighted by Crippen LogP contribution is 2.35. The van der Waals surface area contributed by atoms with Gasteiger partial charge in [0.05, 0.1) is 12.3 Å². The first kappa shape index (κ1) is 20.4. The molecule has 30 heavy (non-hydrogen) atoms. The Morgan fingerprint density at radius 3 is 2.67 bits per heavy atom. The molecule has 1 N–H and O–H groups in total. The number of nitrogens with one attached hydrogen (secondary N) is 1. The van der Waals surface area contributed by atoms with E-state index in [0.717, 1.165) is 18.4 Å². The highest BCUT2D eigenvalue weighted by atomic mass is 32.2. The number of aryl methyl sites for hydroxylation is 1. The first-order valence-electron chi connectivity index (χ1n) is 9.72. The third-order valence-corrected chi connectivity index (χ3v) is 8.07. The molecule has 4 rings (SSSR count). The Kier molecular flexibility index (Phi) is 5.78. The van der Waals surface area contributed by atoms with Gasteiger partial charge in [-0.15, -0.1) is 11.3 Å². The Hall–Kier alpha value is -2.84. The molecule has 6 nitrogen and oxygen atoms in total. The average Bonchev–Trinajstić information content (AvgIpc) is 3.30. The van der Waals surface area contributed by atoms with Gasteiger partial charge in [0, 0.05) is 17.8 Å². The molecule has 0 radical (unpaired) electrons. The predicted octanol–water partition coefficient (Wildman–Crippen LogP) is 4.54. The molecule has 2 heterocycles. The monoisotopic (exact) mass is 442 g/mol. The fourth-order valence-corrected chi connectivity index (χ4v) is 6.10. The van der Waals surface area contributed by atoms with Crippen molar-refractivity contribution in [3.63, 3.8) is 0 Å². The second-order valence-corrected chi connectivity index (χ2v) is 9.90. The van der Waals surface area contributed by atoms with Gasteiger partial charge >= 0.3 is 0 Å². The zero-order chi connectivity index (χ0) is 21.1. The highest BCUT2D eigenvalue weighted by Gasteiger charge is 2.30. The molecule has 0 saturated heterocycles. The van der Waals surface area contributed by atoms with Crippen LogP contribution in [-0.4, -0.2) is 27.5 Å². The lowest BCUT2D eigenvalue weighted by molar-refractivity contribution is 0.102. The van der Waals surface area contributed by atoms with Gasteiger partial charge in [-0.2, -0.15) is 0 Å². The molecule has 0 bridgehead atoms. The number of rotatable bonds is 6. The van der Waals surface area contributed by atoms with E-state index in [4.69, 9.17) is 4.74 Å². The lowest BCUT2D eigenvalue weighted by atomic mass is 10.0. The van der Waals surface area contributed by atoms with Gasteiger partial charge in [-0.05, 0) is 73.2 Å². The van der Waals surface area contributed by atoms with Gasteiger partial charge in [0.1, 0.15) is 9.96 Å². The SMILES string of the molecule is CCOc1ccc(C(=O)Nc2ccc3c(c2)N(S(=O)(=O)c2cccs2)CCC3)cc1. The van der Waals surface area contributed by atoms with Crippen LogP contribution in [-0.2, 0) is 16.4 Å². The quantitative estimate of drug-likeness (QED) is 0.608. The minimum atomic E-state index is -3.61. The summed E-state index contributed by atoms with van der Waals surface area (Å²) < 4.78 is 33.3. The topological polar surface area (TPSA) is 75.7 Å². The molecule has 1 amide bonds. The van der Waals surface area contributed by atoms with Crippen molar-refractivity contribution in [3.8, 4) is 5.75 Å². The second-order valence-electron chi connectivity index (χ2n) is 6.87. The standard InChI is InChI=1S/C22H22N2O4S2/c1-2-28-19-11-8-17(9-12-19)22(25)23-18-10-7-16-5-3-13-24(20(16)15-18)30(26,27)21-6-4-14-29-21/h4,6-12,14-15H,2-3,5,13H2,1H3,(H,23,25). The molecular weight excluding hydrogens is 420 g/mol. The zero-order valence-corrected chi connectivity index (χ0v) is 18.1. The number of amides is 1. The molecule has 156 valence electrons. The van der Waals surface area contributed by atoms with E-state index >= 15 is 0 Å². The van der Waals surface area contributed by atoms with Crippen LogP contribution in [0.25, 0.3) is 0 Å². The van der Waals surface area contributed by atoms with Gasteiger partial charge in [0.25, 0.3) is 15.9 Å². The summed E-state index contributed by atoms with van der Waals surface area (Å²) in [6, 6.07) is 15.7. The number of fused-ring (bicyclic) bond motifs is 1. The summed E-state index contributed by atoms with van der Waals surface area (Å²) in [5.41, 5.74) is 2.64. The summed E-state index contributed by atoms with van der Waals surface area (Å²) in [5, 5.41) is 4.62. The van der Waals surface area contributed by atoms with Crippen molar-refractivity contribution in [1.82, 2.24) is 0 Å². The molecule has 0 spiro atoms. The Balaban J connectivity index is 1.59. The van der Waals surface area contributed by atoms with Gasteiger partial charge in [-0.1, -0.05) is 12.1 Å². The number of anilines is 2. The first-order valence-corrected chi connectivity index (χ1v) is 12.0. The van der Waals surface area contributed by atoms with Crippen molar-refractivity contribution in [3.05, 3.63) is 71.1 Å². The summed E-state index contributed by atoms with van der Waals surface area (Å²) in [7, 11) is -3.61. The van der Waals surface area contributed by atoms with E-state index in [-0.39, 0.29) is 5.91 Å². The van der Waals surface area contributed by atoms with E-state index in [1.807, 2.05) is 19.1 Å². The fraction of sp³-hybridized carbons (Fsp3) is 0.227. The molecule has 0 aliphatic carbocycles. The van der Waals surface area contributed by atoms with Crippen LogP contribution >= 0.6 is 11.3 Å². The van der Waals surface area contributed by atoms with Gasteiger partial charge in [-0.3, -0.25) is 9.10 Å². The Morgan fingerprint density at radius 2 is 1.97 bits per heavy atom. The van der Waals surface area contributed by atoms with Gasteiger partial charge < -0.3 is 10.1 Å². The summed E-state index contributed by atoms with van der Waals surface area (Å²) >= 11 is 1.21. The van der Waals surface area contributed by atoms with Crippen molar-refractivity contribution in [2.45, 2.75) is 24.0 Å². The van der Waals surface area contributed by atoms with Crippen molar-refractivity contribution in [2.75, 3.05) is 22.8 Å². The smallest absolute Gasteiger partial charge is 0.273 e. The maximum Gasteiger partial charge on any atom is 0.273 e. The Labute approximate surface area is 180 Å². The summed E-state index contributed by atoms with van der Waals surface area (Å²) in [5.74, 6) is 0.443. The summed E-state index contributed by atoms with van der Waals surface area (Å²) in [6.45, 7) is 2.88. The van der Waals surface area contributed by atoms with Crippen molar-refractivity contribution in [1.29, 1.82) is 0 Å². The molecule has 8 heteroatoms. The van der Waals surface area contributed by atoms with Gasteiger partial charge in [0.15, 0.2) is 0 Å². The number of carbonyl (C=O) groups is 1. The molecule has 0 fully saturated rings. The van der Waals surface area contributed by atoms with Crippen LogP contribution < -0.4 is 14.4 Å². The number of carbonyl (C=O) groups excluding carboxylic acids is 1. The fourth-order valence-electron chi connectivity index (χ4n) is 3.46. The first-order chi connectivity index (χ1) is 14.5. The van der Waals surface area contributed by atoms with Crippen LogP contribution in [0.15, 0.2) is 64.2 Å². The maximum absolute atomic E-state index is 13.1. The van der Waals surface area contributed by atoms with Crippen molar-refractivity contribution >= 4 is 38.6 Å². The minimum absolute atomic E-state index is 0.263. The molecule has 0 atom stereocenters. The highest BCUT2D eigenvalue weighted by molar-refractivity contribution is 7.94. The zero-order valence-electron chi connectivity index (χ0n) is 16.5. The normalized spacial score (nSPS) is 13.6. The maximum atomic E-state index is 13.1. The van der Waals surface area contributed by atoms with Crippen LogP contribution in [0.4, 0.5) is 11.4 Å². The van der Waals surface area contributed by atoms with Crippen LogP contribution in [0.3, 0.4) is 0 Å². The van der Waals surface area contributed by atoms with E-state index in [1.165, 1.54) is 15.6 Å². The van der Waals surface area contributed by atoms with E-state index in [1.54, 1.807) is 47.8 Å². The number of sulfonamides is 1. The van der Waals surface area contributed by atoms with Crippen LogP contribution in [0.5, 0.6) is 5.75 Å². The largest absolute Gasteiger partial charge is 0.494 e. The van der Waals surface area contributed by atoms with E-state index in [2.05, 4.69) is 5.32 Å². The predicted molar refractivity (Wildman–Crippen MR) is 119 cm³/mol. The number of hydrogen-bond acceptors (Lipinski definition) is 5. The molecule has 2 aromatic carbocycles. The number of nitrogens with zero attached hydrogens (tertiary/aromatic N) is 1. The Bertz CT molecular complexity index is 1140. The van der Waals surface area contributed by atoms with Crippen LogP contribution in [0.1, 0.15) is 29.3 Å². The van der Waals surface area contributed by atoms with Crippen LogP contribution in [0.2, 0.25) is 0 Å². The molecular formula is C22H22N2O4S2. The number of benzene rings is 2. The molecule has 1 aromatic heterocycles. The number of thiophene rings is 1. The number of ether oxygens (including phenoxy) is 1. The van der Waals surface area contributed by atoms with Crippen molar-refractivity contribution in [2.24, 2.45) is 0 Å². The Morgan fingerprint density at radius 1 is 1.17 bits per heavy atom. The molecule has 0 unspecified atom stereocenters. The second kappa shape index (κ2) is 8.49. The van der Waals surface area contributed by atoms with E-state index in [9.17, 15) is 13.2 Å². The van der Waals surface area contributed by atoms with Crippen LogP contribution in [0, 0.1) is 0 Å². The average molecular weight is 443 g/mol. The number of hydrogen-bond donors (Lipinski definition) is 1. The molecule has 1 aliphatic heterocycles. The lowest BCUT2D eigenvalue weighted by Crippen LogP contribution is -2.35. The molecule has 0 saturated carbocycles.